The van der Waals surface area contributed by atoms with Gasteiger partial charge in [-0.15, -0.1) is 5.10 Å². The zero-order valence-corrected chi connectivity index (χ0v) is 11.1. The fourth-order valence-electron chi connectivity index (χ4n) is 1.52. The first-order chi connectivity index (χ1) is 9.06. The Labute approximate surface area is 114 Å². The Morgan fingerprint density at radius 2 is 2.47 bits per heavy atom. The van der Waals surface area contributed by atoms with Crippen LogP contribution >= 0.6 is 11.6 Å². The van der Waals surface area contributed by atoms with Crippen LogP contribution in [0.3, 0.4) is 0 Å². The van der Waals surface area contributed by atoms with Crippen molar-refractivity contribution in [2.45, 2.75) is 19.4 Å². The van der Waals surface area contributed by atoms with E-state index in [-0.39, 0.29) is 11.9 Å². The Bertz CT molecular complexity index is 564. The van der Waals surface area contributed by atoms with Gasteiger partial charge in [0.25, 0.3) is 0 Å². The molecule has 2 aromatic rings. The van der Waals surface area contributed by atoms with Gasteiger partial charge >= 0.3 is 0 Å². The fourth-order valence-corrected chi connectivity index (χ4v) is 1.66. The molecule has 0 saturated carbocycles. The highest BCUT2D eigenvalue weighted by atomic mass is 35.5. The summed E-state index contributed by atoms with van der Waals surface area (Å²) < 4.78 is 1.50. The topological polar surface area (TPSA) is 115 Å². The Morgan fingerprint density at radius 1 is 1.68 bits per heavy atom. The minimum absolute atomic E-state index is 0.146. The van der Waals surface area contributed by atoms with Crippen molar-refractivity contribution in [3.05, 3.63) is 23.2 Å². The number of hydrogen-bond acceptors (Lipinski definition) is 5. The third-order valence-corrected chi connectivity index (χ3v) is 2.75. The second-order valence-corrected chi connectivity index (χ2v) is 4.43. The minimum Gasteiger partial charge on any atom is -0.367 e. The Balaban J connectivity index is 1.81. The molecular weight excluding hydrogens is 270 g/mol. The van der Waals surface area contributed by atoms with Crippen molar-refractivity contribution in [1.29, 1.82) is 0 Å². The molecule has 2 heterocycles. The normalized spacial score (nSPS) is 12.3. The summed E-state index contributed by atoms with van der Waals surface area (Å²) in [7, 11) is 0. The van der Waals surface area contributed by atoms with E-state index in [2.05, 4.69) is 25.6 Å². The van der Waals surface area contributed by atoms with Crippen LogP contribution in [0.2, 0.25) is 5.02 Å². The van der Waals surface area contributed by atoms with Crippen LogP contribution in [0.5, 0.6) is 0 Å². The number of nitrogen functional groups attached to an aromatic ring is 1. The van der Waals surface area contributed by atoms with Crippen molar-refractivity contribution in [2.24, 2.45) is 0 Å². The molecule has 0 aliphatic rings. The molecule has 2 rings (SSSR count). The number of rotatable bonds is 5. The summed E-state index contributed by atoms with van der Waals surface area (Å²) in [6.45, 7) is 2.18. The van der Waals surface area contributed by atoms with Gasteiger partial charge in [-0.1, -0.05) is 11.6 Å². The van der Waals surface area contributed by atoms with E-state index in [9.17, 15) is 4.79 Å². The second-order valence-electron chi connectivity index (χ2n) is 4.00. The third kappa shape index (κ3) is 3.44. The molecule has 1 unspecified atom stereocenters. The number of nitrogens with two attached hydrogens (primary N) is 1. The predicted octanol–water partition coefficient (Wildman–Crippen LogP) is 0.157. The molecule has 0 fully saturated rings. The molecule has 1 amide bonds. The summed E-state index contributed by atoms with van der Waals surface area (Å²) in [5, 5.41) is 13.6. The van der Waals surface area contributed by atoms with Gasteiger partial charge in [0.05, 0.1) is 11.2 Å². The fraction of sp³-hybridized carbons (Fsp3) is 0.400. The van der Waals surface area contributed by atoms with Crippen LogP contribution in [0.4, 0.5) is 5.95 Å². The van der Waals surface area contributed by atoms with Crippen molar-refractivity contribution in [2.75, 3.05) is 12.3 Å². The summed E-state index contributed by atoms with van der Waals surface area (Å²) in [6, 6.07) is -0.424. The lowest BCUT2D eigenvalue weighted by Gasteiger charge is -2.11. The molecule has 0 radical (unpaired) electrons. The molecule has 19 heavy (non-hydrogen) atoms. The number of halogens is 1. The van der Waals surface area contributed by atoms with Gasteiger partial charge in [0.2, 0.25) is 11.9 Å². The monoisotopic (exact) mass is 283 g/mol. The van der Waals surface area contributed by atoms with E-state index < -0.39 is 6.04 Å². The SMILES string of the molecule is CC(C(=O)NCCc1nc(N)n[nH]1)n1cc(Cl)cn1. The van der Waals surface area contributed by atoms with E-state index >= 15 is 0 Å². The first-order valence-electron chi connectivity index (χ1n) is 5.70. The minimum atomic E-state index is -0.424. The van der Waals surface area contributed by atoms with Gasteiger partial charge < -0.3 is 11.1 Å². The van der Waals surface area contributed by atoms with Gasteiger partial charge in [-0.3, -0.25) is 14.6 Å². The van der Waals surface area contributed by atoms with Crippen LogP contribution in [0.15, 0.2) is 12.4 Å². The standard InChI is InChI=1S/C10H14ClN7O/c1-6(18-5-7(11)4-14-18)9(19)13-3-2-8-15-10(12)17-16-8/h4-6H,2-3H2,1H3,(H,13,19)(H3,12,15,16,17). The summed E-state index contributed by atoms with van der Waals surface area (Å²) >= 11 is 5.75. The van der Waals surface area contributed by atoms with Crippen molar-refractivity contribution >= 4 is 23.5 Å². The molecule has 0 aromatic carbocycles. The maximum Gasteiger partial charge on any atom is 0.244 e. The summed E-state index contributed by atoms with van der Waals surface area (Å²) in [6.07, 6.45) is 3.62. The van der Waals surface area contributed by atoms with Crippen LogP contribution in [0.25, 0.3) is 0 Å². The number of aromatic amines is 1. The summed E-state index contributed by atoms with van der Waals surface area (Å²) in [5.41, 5.74) is 5.37. The molecule has 2 aromatic heterocycles. The molecule has 4 N–H and O–H groups in total. The first-order valence-corrected chi connectivity index (χ1v) is 6.08. The zero-order chi connectivity index (χ0) is 13.8. The Hall–Kier alpha value is -2.09. The molecule has 0 aliphatic carbocycles. The van der Waals surface area contributed by atoms with Gasteiger partial charge in [0, 0.05) is 19.2 Å². The molecule has 0 saturated heterocycles. The van der Waals surface area contributed by atoms with Gasteiger partial charge in [-0.05, 0) is 6.92 Å². The van der Waals surface area contributed by atoms with Crippen molar-refractivity contribution < 1.29 is 4.79 Å². The van der Waals surface area contributed by atoms with E-state index in [1.54, 1.807) is 13.1 Å². The first kappa shape index (κ1) is 13.3. The molecule has 0 bridgehead atoms. The smallest absolute Gasteiger partial charge is 0.244 e. The van der Waals surface area contributed by atoms with Crippen molar-refractivity contribution in [3.63, 3.8) is 0 Å². The number of aromatic nitrogens is 5. The third-order valence-electron chi connectivity index (χ3n) is 2.56. The highest BCUT2D eigenvalue weighted by Gasteiger charge is 2.15. The van der Waals surface area contributed by atoms with E-state index in [1.165, 1.54) is 10.9 Å². The zero-order valence-electron chi connectivity index (χ0n) is 10.3. The molecule has 1 atom stereocenters. The molecule has 0 aliphatic heterocycles. The largest absolute Gasteiger partial charge is 0.367 e. The molecule has 8 nitrogen and oxygen atoms in total. The van der Waals surface area contributed by atoms with Crippen LogP contribution < -0.4 is 11.1 Å². The summed E-state index contributed by atoms with van der Waals surface area (Å²) in [5.74, 6) is 0.681. The summed E-state index contributed by atoms with van der Waals surface area (Å²) in [4.78, 5) is 15.8. The van der Waals surface area contributed by atoms with Crippen LogP contribution in [0, 0.1) is 0 Å². The van der Waals surface area contributed by atoms with E-state index in [0.29, 0.717) is 23.8 Å². The van der Waals surface area contributed by atoms with Crippen LogP contribution in [-0.2, 0) is 11.2 Å². The molecule has 9 heteroatoms. The predicted molar refractivity (Wildman–Crippen MR) is 69.5 cm³/mol. The van der Waals surface area contributed by atoms with Gasteiger partial charge in [0.15, 0.2) is 0 Å². The second kappa shape index (κ2) is 5.70. The van der Waals surface area contributed by atoms with E-state index in [4.69, 9.17) is 17.3 Å². The number of hydrogen-bond donors (Lipinski definition) is 3. The number of amides is 1. The average molecular weight is 284 g/mol. The average Bonchev–Trinajstić information content (AvgIpc) is 2.97. The lowest BCUT2D eigenvalue weighted by Crippen LogP contribution is -2.32. The maximum absolute atomic E-state index is 11.9. The number of anilines is 1. The number of H-pyrrole nitrogens is 1. The molecular formula is C10H14ClN7O. The van der Waals surface area contributed by atoms with Gasteiger partial charge in [-0.25, -0.2) is 0 Å². The Morgan fingerprint density at radius 3 is 3.05 bits per heavy atom. The number of nitrogens with one attached hydrogen (secondary N) is 2. The van der Waals surface area contributed by atoms with Crippen LogP contribution in [0.1, 0.15) is 18.8 Å². The highest BCUT2D eigenvalue weighted by molar-refractivity contribution is 6.30. The van der Waals surface area contributed by atoms with Gasteiger partial charge in [-0.2, -0.15) is 10.1 Å². The van der Waals surface area contributed by atoms with E-state index in [0.717, 1.165) is 0 Å². The molecule has 102 valence electrons. The lowest BCUT2D eigenvalue weighted by molar-refractivity contribution is -0.124. The van der Waals surface area contributed by atoms with Gasteiger partial charge in [0.1, 0.15) is 11.9 Å². The lowest BCUT2D eigenvalue weighted by atomic mass is 10.3. The number of nitrogens with zero attached hydrogens (tertiary/aromatic N) is 4. The quantitative estimate of drug-likeness (QED) is 0.723. The van der Waals surface area contributed by atoms with E-state index in [1.807, 2.05) is 0 Å². The van der Waals surface area contributed by atoms with Crippen LogP contribution in [-0.4, -0.2) is 37.4 Å². The maximum atomic E-state index is 11.9. The number of carbonyl (C=O) groups excluding carboxylic acids is 1. The van der Waals surface area contributed by atoms with Crippen molar-refractivity contribution in [3.8, 4) is 0 Å². The van der Waals surface area contributed by atoms with Crippen molar-refractivity contribution in [1.82, 2.24) is 30.3 Å². The highest BCUT2D eigenvalue weighted by Crippen LogP contribution is 2.10. The Kier molecular flexibility index (Phi) is 4.00. The number of carbonyl (C=O) groups is 1. The molecule has 0 spiro atoms.